The zero-order valence-electron chi connectivity index (χ0n) is 18.1. The maximum Gasteiger partial charge on any atom is 0.310 e. The lowest BCUT2D eigenvalue weighted by atomic mass is 9.71. The monoisotopic (exact) mass is 444 g/mol. The predicted octanol–water partition coefficient (Wildman–Crippen LogP) is 4.91. The number of benzene rings is 2. The molecule has 0 amide bonds. The number of carbonyl (C=O) groups excluding carboxylic acids is 2. The first-order valence-corrected chi connectivity index (χ1v) is 11.3. The highest BCUT2D eigenvalue weighted by Crippen LogP contribution is 2.50. The summed E-state index contributed by atoms with van der Waals surface area (Å²) < 4.78 is 0. The van der Waals surface area contributed by atoms with Crippen molar-refractivity contribution in [2.24, 2.45) is 0 Å². The minimum absolute atomic E-state index is 0.0139. The topological polar surface area (TPSA) is 101 Å². The molecule has 1 aliphatic heterocycles. The molecule has 0 aromatic heterocycles. The van der Waals surface area contributed by atoms with Crippen LogP contribution in [0.5, 0.6) is 5.75 Å². The lowest BCUT2D eigenvalue weighted by Gasteiger charge is -2.44. The molecule has 1 heterocycles. The zero-order chi connectivity index (χ0) is 23.1. The molecular formula is C26H24N2O5. The highest BCUT2D eigenvalue weighted by Gasteiger charge is 2.43. The first kappa shape index (κ1) is 21.1. The van der Waals surface area contributed by atoms with Crippen LogP contribution in [0.15, 0.2) is 71.1 Å². The fourth-order valence-corrected chi connectivity index (χ4v) is 5.37. The van der Waals surface area contributed by atoms with E-state index in [0.717, 1.165) is 42.6 Å². The Hall–Kier alpha value is -3.74. The van der Waals surface area contributed by atoms with E-state index >= 15 is 0 Å². The van der Waals surface area contributed by atoms with Crippen LogP contribution in [0, 0.1) is 10.1 Å². The third-order valence-electron chi connectivity index (χ3n) is 6.80. The van der Waals surface area contributed by atoms with Crippen molar-refractivity contribution in [3.63, 3.8) is 0 Å². The fourth-order valence-electron chi connectivity index (χ4n) is 5.37. The van der Waals surface area contributed by atoms with Gasteiger partial charge in [0.1, 0.15) is 0 Å². The molecule has 5 rings (SSSR count). The third-order valence-corrected chi connectivity index (χ3v) is 6.80. The summed E-state index contributed by atoms with van der Waals surface area (Å²) in [6, 6.07) is 14.2. The summed E-state index contributed by atoms with van der Waals surface area (Å²) in [5.74, 6) is -1.10. The van der Waals surface area contributed by atoms with Crippen LogP contribution in [0.3, 0.4) is 0 Å². The molecule has 0 unspecified atom stereocenters. The summed E-state index contributed by atoms with van der Waals surface area (Å²) in [4.78, 5) is 39.5. The minimum atomic E-state index is -0.640. The Morgan fingerprint density at radius 2 is 1.52 bits per heavy atom. The number of carbonyl (C=O) groups is 2. The number of Topliss-reactive ketones (excluding diaryl/α,β-unsaturated/α-hetero) is 2. The lowest BCUT2D eigenvalue weighted by molar-refractivity contribution is -0.385. The minimum Gasteiger partial charge on any atom is -0.502 e. The molecule has 2 aromatic rings. The normalized spacial score (nSPS) is 19.0. The molecule has 0 spiro atoms. The Morgan fingerprint density at radius 3 is 2.09 bits per heavy atom. The van der Waals surface area contributed by atoms with Gasteiger partial charge in [-0.2, -0.15) is 0 Å². The Bertz CT molecular complexity index is 1180. The van der Waals surface area contributed by atoms with Crippen LogP contribution in [-0.4, -0.2) is 26.5 Å². The Morgan fingerprint density at radius 1 is 0.909 bits per heavy atom. The standard InChI is InChI=1S/C26H24N2O5/c29-21-13-12-17(14-20(21)28(32)33)24-25-18(8-4-10-22(25)30)27(15-16-6-2-1-3-7-16)19-9-5-11-23(31)26(19)24/h1-3,6-7,12-14,24,29H,4-5,8-11,15H2. The van der Waals surface area contributed by atoms with Gasteiger partial charge in [-0.1, -0.05) is 36.4 Å². The molecule has 0 radical (unpaired) electrons. The van der Waals surface area contributed by atoms with E-state index < -0.39 is 22.3 Å². The number of allylic oxidation sites excluding steroid dienone is 4. The average molecular weight is 444 g/mol. The number of hydrogen-bond acceptors (Lipinski definition) is 6. The van der Waals surface area contributed by atoms with Gasteiger partial charge in [-0.05, 0) is 42.9 Å². The van der Waals surface area contributed by atoms with Gasteiger partial charge in [-0.15, -0.1) is 0 Å². The number of hydrogen-bond donors (Lipinski definition) is 1. The second-order valence-electron chi connectivity index (χ2n) is 8.78. The Balaban J connectivity index is 1.72. The van der Waals surface area contributed by atoms with Gasteiger partial charge >= 0.3 is 5.69 Å². The third kappa shape index (κ3) is 3.63. The van der Waals surface area contributed by atoms with Gasteiger partial charge < -0.3 is 10.0 Å². The van der Waals surface area contributed by atoms with Crippen LogP contribution in [0.1, 0.15) is 55.6 Å². The summed E-state index contributed by atoms with van der Waals surface area (Å²) in [5.41, 5.74) is 4.16. The van der Waals surface area contributed by atoms with E-state index in [2.05, 4.69) is 4.90 Å². The number of nitrogens with zero attached hydrogens (tertiary/aromatic N) is 2. The van der Waals surface area contributed by atoms with Crippen LogP contribution in [0.2, 0.25) is 0 Å². The van der Waals surface area contributed by atoms with Gasteiger partial charge in [0.2, 0.25) is 0 Å². The van der Waals surface area contributed by atoms with Crippen LogP contribution >= 0.6 is 0 Å². The molecule has 0 saturated heterocycles. The number of phenols is 1. The molecule has 2 aliphatic carbocycles. The smallest absolute Gasteiger partial charge is 0.310 e. The van der Waals surface area contributed by atoms with Crippen LogP contribution < -0.4 is 0 Å². The van der Waals surface area contributed by atoms with Gasteiger partial charge in [0.25, 0.3) is 0 Å². The van der Waals surface area contributed by atoms with Crippen molar-refractivity contribution in [1.29, 1.82) is 0 Å². The van der Waals surface area contributed by atoms with Gasteiger partial charge in [0, 0.05) is 53.9 Å². The van der Waals surface area contributed by atoms with Gasteiger partial charge in [0.05, 0.1) is 4.92 Å². The van der Waals surface area contributed by atoms with E-state index in [1.807, 2.05) is 30.3 Å². The number of nitro groups is 1. The second kappa shape index (κ2) is 8.31. The number of rotatable bonds is 4. The summed E-state index contributed by atoms with van der Waals surface area (Å²) in [6.07, 6.45) is 3.70. The van der Waals surface area contributed by atoms with Gasteiger partial charge in [-0.25, -0.2) is 0 Å². The van der Waals surface area contributed by atoms with Crippen molar-refractivity contribution in [2.45, 2.75) is 51.0 Å². The van der Waals surface area contributed by atoms with Crippen LogP contribution in [0.4, 0.5) is 5.69 Å². The van der Waals surface area contributed by atoms with Crippen molar-refractivity contribution >= 4 is 17.3 Å². The first-order chi connectivity index (χ1) is 16.0. The lowest BCUT2D eigenvalue weighted by Crippen LogP contribution is -2.38. The van der Waals surface area contributed by atoms with E-state index in [4.69, 9.17) is 0 Å². The zero-order valence-corrected chi connectivity index (χ0v) is 18.1. The van der Waals surface area contributed by atoms with E-state index in [1.54, 1.807) is 6.07 Å². The number of nitro benzene ring substituents is 1. The summed E-state index contributed by atoms with van der Waals surface area (Å²) in [5, 5.41) is 21.5. The molecule has 7 heteroatoms. The number of aromatic hydroxyl groups is 1. The van der Waals surface area contributed by atoms with Gasteiger partial charge in [-0.3, -0.25) is 19.7 Å². The highest BCUT2D eigenvalue weighted by atomic mass is 16.6. The van der Waals surface area contributed by atoms with Crippen molar-refractivity contribution in [3.05, 3.63) is 92.3 Å². The summed E-state index contributed by atoms with van der Waals surface area (Å²) >= 11 is 0. The molecule has 0 fully saturated rings. The molecule has 3 aliphatic rings. The Kier molecular flexibility index (Phi) is 5.32. The van der Waals surface area contributed by atoms with Crippen LogP contribution in [-0.2, 0) is 16.1 Å². The maximum absolute atomic E-state index is 13.3. The Labute approximate surface area is 191 Å². The fraction of sp³-hybridized carbons (Fsp3) is 0.308. The summed E-state index contributed by atoms with van der Waals surface area (Å²) in [7, 11) is 0. The quantitative estimate of drug-likeness (QED) is 0.531. The molecular weight excluding hydrogens is 420 g/mol. The molecule has 168 valence electrons. The number of ketones is 2. The molecule has 0 saturated carbocycles. The van der Waals surface area contributed by atoms with E-state index in [-0.39, 0.29) is 11.6 Å². The van der Waals surface area contributed by atoms with E-state index in [1.165, 1.54) is 12.1 Å². The SMILES string of the molecule is O=C1CCCC2=C1C(c1ccc(O)c([N+](=O)[O-])c1)C1=C(CCCC1=O)N2Cc1ccccc1. The molecule has 7 nitrogen and oxygen atoms in total. The van der Waals surface area contributed by atoms with Crippen molar-refractivity contribution in [2.75, 3.05) is 0 Å². The van der Waals surface area contributed by atoms with Gasteiger partial charge in [0.15, 0.2) is 17.3 Å². The maximum atomic E-state index is 13.3. The molecule has 2 aromatic carbocycles. The molecule has 0 atom stereocenters. The first-order valence-electron chi connectivity index (χ1n) is 11.3. The summed E-state index contributed by atoms with van der Waals surface area (Å²) in [6.45, 7) is 0.571. The van der Waals surface area contributed by atoms with E-state index in [0.29, 0.717) is 36.1 Å². The highest BCUT2D eigenvalue weighted by molar-refractivity contribution is 6.06. The largest absolute Gasteiger partial charge is 0.502 e. The van der Waals surface area contributed by atoms with Crippen molar-refractivity contribution in [1.82, 2.24) is 4.90 Å². The molecule has 0 bridgehead atoms. The molecule has 33 heavy (non-hydrogen) atoms. The van der Waals surface area contributed by atoms with Crippen molar-refractivity contribution < 1.29 is 19.6 Å². The van der Waals surface area contributed by atoms with Crippen LogP contribution in [0.25, 0.3) is 0 Å². The average Bonchev–Trinajstić information content (AvgIpc) is 2.81. The van der Waals surface area contributed by atoms with Crippen molar-refractivity contribution in [3.8, 4) is 5.75 Å². The predicted molar refractivity (Wildman–Crippen MR) is 121 cm³/mol. The molecule has 1 N–H and O–H groups in total. The number of phenolic OH excluding ortho intramolecular Hbond substituents is 1. The van der Waals surface area contributed by atoms with E-state index in [9.17, 15) is 24.8 Å². The second-order valence-corrected chi connectivity index (χ2v) is 8.78.